The third-order valence-corrected chi connectivity index (χ3v) is 2.82. The largest absolute Gasteiger partial charge is 0.377 e. The second-order valence-corrected chi connectivity index (χ2v) is 3.90. The zero-order chi connectivity index (χ0) is 9.86. The summed E-state index contributed by atoms with van der Waals surface area (Å²) >= 11 is 0. The molecule has 1 atom stereocenters. The normalized spacial score (nSPS) is 26.4. The number of para-hydroxylation sites is 1. The maximum atomic E-state index is 5.81. The van der Waals surface area contributed by atoms with Crippen LogP contribution in [0.2, 0.25) is 0 Å². The Kier molecular flexibility index (Phi) is 2.70. The van der Waals surface area contributed by atoms with Crippen LogP contribution in [0.3, 0.4) is 0 Å². The topological polar surface area (TPSA) is 50.1 Å². The fraction of sp³-hybridized carbons (Fsp3) is 0.455. The molecule has 1 aromatic rings. The summed E-state index contributed by atoms with van der Waals surface area (Å²) in [6.45, 7) is 2.68. The molecule has 0 saturated carbocycles. The molecule has 0 aromatic heterocycles. The molecule has 4 N–H and O–H groups in total. The molecule has 2 rings (SSSR count). The van der Waals surface area contributed by atoms with Crippen LogP contribution >= 0.6 is 0 Å². The van der Waals surface area contributed by atoms with Crippen molar-refractivity contribution in [1.82, 2.24) is 5.32 Å². The Morgan fingerprint density at radius 1 is 1.36 bits per heavy atom. The van der Waals surface area contributed by atoms with Crippen LogP contribution in [0.1, 0.15) is 6.42 Å². The first-order chi connectivity index (χ1) is 6.85. The summed E-state index contributed by atoms with van der Waals surface area (Å²) in [5.74, 6) is 0. The average Bonchev–Trinajstić information content (AvgIpc) is 2.69. The van der Waals surface area contributed by atoms with E-state index in [1.54, 1.807) is 0 Å². The van der Waals surface area contributed by atoms with Crippen molar-refractivity contribution >= 4 is 5.69 Å². The lowest BCUT2D eigenvalue weighted by atomic mass is 9.98. The molecule has 76 valence electrons. The van der Waals surface area contributed by atoms with Gasteiger partial charge in [-0.2, -0.15) is 0 Å². The van der Waals surface area contributed by atoms with Gasteiger partial charge in [-0.25, -0.2) is 0 Å². The highest BCUT2D eigenvalue weighted by Gasteiger charge is 2.31. The minimum atomic E-state index is 0.0569. The molecule has 1 aromatic carbocycles. The standard InChI is InChI=1S/C11H17N3/c12-8-11(6-7-13-9-11)14-10-4-2-1-3-5-10/h1-5,13-14H,6-9,12H2. The van der Waals surface area contributed by atoms with Gasteiger partial charge in [-0.15, -0.1) is 0 Å². The lowest BCUT2D eigenvalue weighted by molar-refractivity contribution is 0.523. The van der Waals surface area contributed by atoms with E-state index >= 15 is 0 Å². The Morgan fingerprint density at radius 3 is 2.71 bits per heavy atom. The number of anilines is 1. The minimum absolute atomic E-state index is 0.0569. The molecule has 1 saturated heterocycles. The summed E-state index contributed by atoms with van der Waals surface area (Å²) in [5.41, 5.74) is 7.03. The minimum Gasteiger partial charge on any atom is -0.377 e. The van der Waals surface area contributed by atoms with Gasteiger partial charge in [0, 0.05) is 18.8 Å². The second-order valence-electron chi connectivity index (χ2n) is 3.90. The maximum Gasteiger partial charge on any atom is 0.0631 e. The molecule has 0 amide bonds. The summed E-state index contributed by atoms with van der Waals surface area (Å²) < 4.78 is 0. The molecule has 1 aliphatic heterocycles. The maximum absolute atomic E-state index is 5.81. The predicted molar refractivity (Wildman–Crippen MR) is 59.3 cm³/mol. The molecule has 1 fully saturated rings. The highest BCUT2D eigenvalue weighted by molar-refractivity contribution is 5.45. The summed E-state index contributed by atoms with van der Waals surface area (Å²) in [6, 6.07) is 10.3. The monoisotopic (exact) mass is 191 g/mol. The lowest BCUT2D eigenvalue weighted by Crippen LogP contribution is -2.47. The van der Waals surface area contributed by atoms with Crippen LogP contribution in [0.25, 0.3) is 0 Å². The van der Waals surface area contributed by atoms with Crippen molar-refractivity contribution in [2.45, 2.75) is 12.0 Å². The average molecular weight is 191 g/mol. The van der Waals surface area contributed by atoms with Crippen LogP contribution in [0.15, 0.2) is 30.3 Å². The summed E-state index contributed by atoms with van der Waals surface area (Å²) in [4.78, 5) is 0. The van der Waals surface area contributed by atoms with E-state index in [1.807, 2.05) is 18.2 Å². The van der Waals surface area contributed by atoms with Crippen molar-refractivity contribution in [2.75, 3.05) is 25.0 Å². The Morgan fingerprint density at radius 2 is 2.14 bits per heavy atom. The van der Waals surface area contributed by atoms with Crippen LogP contribution in [-0.2, 0) is 0 Å². The summed E-state index contributed by atoms with van der Waals surface area (Å²) in [7, 11) is 0. The predicted octanol–water partition coefficient (Wildman–Crippen LogP) is 0.789. The number of nitrogens with two attached hydrogens (primary N) is 1. The first-order valence-corrected chi connectivity index (χ1v) is 5.09. The number of benzene rings is 1. The summed E-state index contributed by atoms with van der Waals surface area (Å²) in [6.07, 6.45) is 1.10. The molecule has 0 radical (unpaired) electrons. The van der Waals surface area contributed by atoms with Crippen molar-refractivity contribution in [2.24, 2.45) is 5.73 Å². The molecule has 0 bridgehead atoms. The third-order valence-electron chi connectivity index (χ3n) is 2.82. The number of hydrogen-bond acceptors (Lipinski definition) is 3. The van der Waals surface area contributed by atoms with Gasteiger partial charge in [0.1, 0.15) is 0 Å². The molecular weight excluding hydrogens is 174 g/mol. The van der Waals surface area contributed by atoms with Gasteiger partial charge in [-0.05, 0) is 25.1 Å². The fourth-order valence-electron chi connectivity index (χ4n) is 1.90. The van der Waals surface area contributed by atoms with Crippen LogP contribution in [0, 0.1) is 0 Å². The number of nitrogens with one attached hydrogen (secondary N) is 2. The van der Waals surface area contributed by atoms with Crippen molar-refractivity contribution in [3.63, 3.8) is 0 Å². The van der Waals surface area contributed by atoms with E-state index in [2.05, 4.69) is 22.8 Å². The van der Waals surface area contributed by atoms with Gasteiger partial charge in [0.15, 0.2) is 0 Å². The van der Waals surface area contributed by atoms with E-state index in [-0.39, 0.29) is 5.54 Å². The van der Waals surface area contributed by atoms with Gasteiger partial charge in [-0.3, -0.25) is 0 Å². The smallest absolute Gasteiger partial charge is 0.0631 e. The van der Waals surface area contributed by atoms with Crippen LogP contribution in [0.5, 0.6) is 0 Å². The molecule has 3 heteroatoms. The Bertz CT molecular complexity index is 278. The van der Waals surface area contributed by atoms with Crippen molar-refractivity contribution in [3.05, 3.63) is 30.3 Å². The molecule has 0 aliphatic carbocycles. The van der Waals surface area contributed by atoms with Crippen LogP contribution in [-0.4, -0.2) is 25.2 Å². The lowest BCUT2D eigenvalue weighted by Gasteiger charge is -2.29. The fourth-order valence-corrected chi connectivity index (χ4v) is 1.90. The highest BCUT2D eigenvalue weighted by Crippen LogP contribution is 2.20. The molecule has 0 spiro atoms. The van der Waals surface area contributed by atoms with Gasteiger partial charge in [-0.1, -0.05) is 18.2 Å². The summed E-state index contributed by atoms with van der Waals surface area (Å²) in [5, 5.41) is 6.86. The molecule has 14 heavy (non-hydrogen) atoms. The van der Waals surface area contributed by atoms with Gasteiger partial charge in [0.25, 0.3) is 0 Å². The zero-order valence-corrected chi connectivity index (χ0v) is 8.29. The number of hydrogen-bond donors (Lipinski definition) is 3. The van der Waals surface area contributed by atoms with E-state index < -0.39 is 0 Å². The Hall–Kier alpha value is -1.06. The van der Waals surface area contributed by atoms with Crippen molar-refractivity contribution < 1.29 is 0 Å². The Balaban J connectivity index is 2.08. The van der Waals surface area contributed by atoms with Gasteiger partial charge >= 0.3 is 0 Å². The van der Waals surface area contributed by atoms with E-state index in [1.165, 1.54) is 0 Å². The van der Waals surface area contributed by atoms with E-state index in [4.69, 9.17) is 5.73 Å². The zero-order valence-electron chi connectivity index (χ0n) is 8.29. The SMILES string of the molecule is NCC1(Nc2ccccc2)CCNC1. The van der Waals surface area contributed by atoms with Crippen LogP contribution in [0.4, 0.5) is 5.69 Å². The quantitative estimate of drug-likeness (QED) is 0.662. The van der Waals surface area contributed by atoms with Crippen molar-refractivity contribution in [3.8, 4) is 0 Å². The molecule has 3 nitrogen and oxygen atoms in total. The molecule has 1 aliphatic rings. The number of rotatable bonds is 3. The van der Waals surface area contributed by atoms with E-state index in [0.717, 1.165) is 25.2 Å². The van der Waals surface area contributed by atoms with Gasteiger partial charge < -0.3 is 16.4 Å². The van der Waals surface area contributed by atoms with Crippen LogP contribution < -0.4 is 16.4 Å². The van der Waals surface area contributed by atoms with Gasteiger partial charge in [0.05, 0.1) is 5.54 Å². The highest BCUT2D eigenvalue weighted by atomic mass is 15.1. The Labute approximate surface area is 84.7 Å². The van der Waals surface area contributed by atoms with E-state index in [0.29, 0.717) is 6.54 Å². The first kappa shape index (κ1) is 9.49. The van der Waals surface area contributed by atoms with Crippen molar-refractivity contribution in [1.29, 1.82) is 0 Å². The third kappa shape index (κ3) is 1.89. The second kappa shape index (κ2) is 3.98. The van der Waals surface area contributed by atoms with Gasteiger partial charge in [0.2, 0.25) is 0 Å². The van der Waals surface area contributed by atoms with E-state index in [9.17, 15) is 0 Å². The molecular formula is C11H17N3. The molecule has 1 heterocycles. The molecule has 1 unspecified atom stereocenters. The first-order valence-electron chi connectivity index (χ1n) is 5.09.